The number of rotatable bonds is 6. The van der Waals surface area contributed by atoms with Gasteiger partial charge in [0.2, 0.25) is 0 Å². The van der Waals surface area contributed by atoms with E-state index in [-0.39, 0.29) is 18.1 Å². The first kappa shape index (κ1) is 13.2. The van der Waals surface area contributed by atoms with Gasteiger partial charge in [0.25, 0.3) is 0 Å². The molecule has 1 aromatic rings. The Balaban J connectivity index is 2.79. The Hall–Kier alpha value is -0.910. The first-order valence-electron chi connectivity index (χ1n) is 5.05. The third-order valence-corrected chi connectivity index (χ3v) is 3.85. The Labute approximate surface area is 96.3 Å². The Kier molecular flexibility index (Phi) is 4.92. The molecule has 0 bridgehead atoms. The van der Waals surface area contributed by atoms with Gasteiger partial charge in [-0.2, -0.15) is 0 Å². The van der Waals surface area contributed by atoms with E-state index in [2.05, 4.69) is 0 Å². The number of ether oxygens (including phenoxy) is 1. The van der Waals surface area contributed by atoms with Crippen LogP contribution in [-0.4, -0.2) is 27.9 Å². The minimum Gasteiger partial charge on any atom is -0.384 e. The molecule has 0 spiro atoms. The number of nitrogens with two attached hydrogens (primary N) is 1. The Bertz CT molecular complexity index is 429. The van der Waals surface area contributed by atoms with Crippen LogP contribution < -0.4 is 5.73 Å². The van der Waals surface area contributed by atoms with Gasteiger partial charge in [-0.15, -0.1) is 0 Å². The van der Waals surface area contributed by atoms with E-state index in [0.717, 1.165) is 11.1 Å². The zero-order valence-corrected chi connectivity index (χ0v) is 10.2. The molecule has 5 heteroatoms. The number of methoxy groups -OCH3 is 1. The number of hydrogen-bond donors (Lipinski definition) is 1. The smallest absolute Gasteiger partial charge is 0.156 e. The highest BCUT2D eigenvalue weighted by molar-refractivity contribution is 7.90. The van der Waals surface area contributed by atoms with Crippen molar-refractivity contribution in [1.29, 1.82) is 0 Å². The molecule has 0 heterocycles. The average molecular weight is 243 g/mol. The van der Waals surface area contributed by atoms with Crippen LogP contribution in [0.1, 0.15) is 11.1 Å². The van der Waals surface area contributed by atoms with E-state index in [0.29, 0.717) is 6.54 Å². The molecule has 0 aliphatic heterocycles. The molecule has 0 aliphatic rings. The van der Waals surface area contributed by atoms with E-state index in [1.807, 2.05) is 18.2 Å². The lowest BCUT2D eigenvalue weighted by Gasteiger charge is -2.08. The molecule has 1 aromatic carbocycles. The molecule has 90 valence electrons. The van der Waals surface area contributed by atoms with E-state index in [9.17, 15) is 8.42 Å². The Morgan fingerprint density at radius 3 is 2.44 bits per heavy atom. The van der Waals surface area contributed by atoms with Crippen molar-refractivity contribution >= 4 is 9.84 Å². The molecular weight excluding hydrogens is 226 g/mol. The highest BCUT2D eigenvalue weighted by atomic mass is 32.2. The van der Waals surface area contributed by atoms with Crippen LogP contribution in [0, 0.1) is 0 Å². The summed E-state index contributed by atoms with van der Waals surface area (Å²) >= 11 is 0. The van der Waals surface area contributed by atoms with Crippen molar-refractivity contribution in [2.45, 2.75) is 12.3 Å². The van der Waals surface area contributed by atoms with Crippen molar-refractivity contribution in [2.75, 3.05) is 19.5 Å². The van der Waals surface area contributed by atoms with E-state index in [4.69, 9.17) is 10.5 Å². The zero-order valence-electron chi connectivity index (χ0n) is 9.35. The molecule has 4 nitrogen and oxygen atoms in total. The SMILES string of the molecule is COCCS(=O)(=O)Cc1ccccc1CN. The second-order valence-electron chi connectivity index (χ2n) is 3.56. The van der Waals surface area contributed by atoms with Gasteiger partial charge < -0.3 is 10.5 Å². The topological polar surface area (TPSA) is 69.4 Å². The maximum Gasteiger partial charge on any atom is 0.156 e. The van der Waals surface area contributed by atoms with Crippen LogP contribution in [0.2, 0.25) is 0 Å². The summed E-state index contributed by atoms with van der Waals surface area (Å²) in [5.41, 5.74) is 7.21. The monoisotopic (exact) mass is 243 g/mol. The van der Waals surface area contributed by atoms with Gasteiger partial charge in [-0.3, -0.25) is 0 Å². The summed E-state index contributed by atoms with van der Waals surface area (Å²) < 4.78 is 28.2. The third-order valence-electron chi connectivity index (χ3n) is 2.31. The summed E-state index contributed by atoms with van der Waals surface area (Å²) in [6.45, 7) is 0.586. The molecule has 0 unspecified atom stereocenters. The fourth-order valence-corrected chi connectivity index (χ4v) is 2.74. The fraction of sp³-hybridized carbons (Fsp3) is 0.455. The standard InChI is InChI=1S/C11H17NO3S/c1-15-6-7-16(13,14)9-11-5-3-2-4-10(11)8-12/h2-5H,6-9,12H2,1H3. The maximum absolute atomic E-state index is 11.7. The molecule has 0 aliphatic carbocycles. The quantitative estimate of drug-likeness (QED) is 0.798. The van der Waals surface area contributed by atoms with Crippen LogP contribution in [-0.2, 0) is 26.9 Å². The van der Waals surface area contributed by atoms with Gasteiger partial charge in [0.05, 0.1) is 18.1 Å². The number of hydrogen-bond acceptors (Lipinski definition) is 4. The minimum absolute atomic E-state index is 0.0315. The van der Waals surface area contributed by atoms with Gasteiger partial charge in [-0.25, -0.2) is 8.42 Å². The minimum atomic E-state index is -3.11. The molecule has 1 rings (SSSR count). The lowest BCUT2D eigenvalue weighted by Crippen LogP contribution is -2.15. The summed E-state index contributed by atoms with van der Waals surface area (Å²) in [6, 6.07) is 7.32. The summed E-state index contributed by atoms with van der Waals surface area (Å²) in [5, 5.41) is 0. The zero-order chi connectivity index (χ0) is 12.0. The lowest BCUT2D eigenvalue weighted by molar-refractivity contribution is 0.217. The van der Waals surface area contributed by atoms with Gasteiger partial charge >= 0.3 is 0 Å². The van der Waals surface area contributed by atoms with Crippen molar-refractivity contribution in [1.82, 2.24) is 0 Å². The molecule has 2 N–H and O–H groups in total. The van der Waals surface area contributed by atoms with E-state index in [1.54, 1.807) is 6.07 Å². The normalized spacial score (nSPS) is 11.6. The van der Waals surface area contributed by atoms with Crippen LogP contribution in [0.15, 0.2) is 24.3 Å². The Morgan fingerprint density at radius 1 is 1.25 bits per heavy atom. The Morgan fingerprint density at radius 2 is 1.88 bits per heavy atom. The van der Waals surface area contributed by atoms with Gasteiger partial charge in [0, 0.05) is 13.7 Å². The van der Waals surface area contributed by atoms with Crippen LogP contribution in [0.3, 0.4) is 0 Å². The van der Waals surface area contributed by atoms with Crippen LogP contribution in [0.4, 0.5) is 0 Å². The maximum atomic E-state index is 11.7. The summed E-state index contributed by atoms with van der Waals surface area (Å²) in [6.07, 6.45) is 0. The second kappa shape index (κ2) is 5.98. The molecule has 16 heavy (non-hydrogen) atoms. The largest absolute Gasteiger partial charge is 0.384 e. The predicted molar refractivity (Wildman–Crippen MR) is 63.7 cm³/mol. The van der Waals surface area contributed by atoms with Crippen LogP contribution >= 0.6 is 0 Å². The highest BCUT2D eigenvalue weighted by Gasteiger charge is 2.13. The summed E-state index contributed by atoms with van der Waals surface area (Å²) in [4.78, 5) is 0. The number of benzene rings is 1. The second-order valence-corrected chi connectivity index (χ2v) is 5.74. The van der Waals surface area contributed by atoms with E-state index in [1.165, 1.54) is 7.11 Å². The van der Waals surface area contributed by atoms with E-state index >= 15 is 0 Å². The first-order chi connectivity index (χ1) is 7.59. The first-order valence-corrected chi connectivity index (χ1v) is 6.87. The number of sulfone groups is 1. The van der Waals surface area contributed by atoms with Gasteiger partial charge in [0.1, 0.15) is 0 Å². The predicted octanol–water partition coefficient (Wildman–Crippen LogP) is 0.707. The molecule has 0 aromatic heterocycles. The average Bonchev–Trinajstić information content (AvgIpc) is 2.27. The van der Waals surface area contributed by atoms with Gasteiger partial charge in [-0.05, 0) is 11.1 Å². The summed E-state index contributed by atoms with van der Waals surface area (Å²) in [7, 11) is -1.62. The van der Waals surface area contributed by atoms with Crippen molar-refractivity contribution in [3.05, 3.63) is 35.4 Å². The summed E-state index contributed by atoms with van der Waals surface area (Å²) in [5.74, 6) is 0.0755. The highest BCUT2D eigenvalue weighted by Crippen LogP contribution is 2.12. The molecule has 0 fully saturated rings. The molecule has 0 amide bonds. The molecule has 0 saturated heterocycles. The van der Waals surface area contributed by atoms with Crippen molar-refractivity contribution in [2.24, 2.45) is 5.73 Å². The van der Waals surface area contributed by atoms with Crippen LogP contribution in [0.5, 0.6) is 0 Å². The lowest BCUT2D eigenvalue weighted by atomic mass is 10.1. The van der Waals surface area contributed by atoms with Crippen molar-refractivity contribution < 1.29 is 13.2 Å². The van der Waals surface area contributed by atoms with Crippen LogP contribution in [0.25, 0.3) is 0 Å². The third kappa shape index (κ3) is 3.92. The molecule has 0 atom stereocenters. The van der Waals surface area contributed by atoms with E-state index < -0.39 is 9.84 Å². The van der Waals surface area contributed by atoms with Crippen molar-refractivity contribution in [3.63, 3.8) is 0 Å². The molecule has 0 saturated carbocycles. The van der Waals surface area contributed by atoms with Crippen molar-refractivity contribution in [3.8, 4) is 0 Å². The fourth-order valence-electron chi connectivity index (χ4n) is 1.42. The van der Waals surface area contributed by atoms with Gasteiger partial charge in [-0.1, -0.05) is 24.3 Å². The molecule has 0 radical (unpaired) electrons. The molecular formula is C11H17NO3S. The van der Waals surface area contributed by atoms with Gasteiger partial charge in [0.15, 0.2) is 9.84 Å².